The van der Waals surface area contributed by atoms with Gasteiger partial charge in [0.1, 0.15) is 12.1 Å². The quantitative estimate of drug-likeness (QED) is 0.583. The highest BCUT2D eigenvalue weighted by molar-refractivity contribution is 5.92. The normalized spacial score (nSPS) is 10.7. The van der Waals surface area contributed by atoms with Crippen molar-refractivity contribution in [3.8, 4) is 0 Å². The molecule has 0 spiro atoms. The first-order chi connectivity index (χ1) is 10.2. The number of benzene rings is 1. The smallest absolute Gasteiger partial charge is 0.270 e. The Morgan fingerprint density at radius 2 is 2.24 bits per heavy atom. The molecule has 2 aromatic heterocycles. The Balaban J connectivity index is 2.04. The minimum Gasteiger partial charge on any atom is -0.337 e. The molecule has 3 rings (SSSR count). The number of nitrogens with zero attached hydrogens (tertiary/aromatic N) is 5. The van der Waals surface area contributed by atoms with E-state index in [-0.39, 0.29) is 5.69 Å². The number of non-ortho nitro benzene ring substituents is 1. The summed E-state index contributed by atoms with van der Waals surface area (Å²) in [5.41, 5.74) is 1.41. The van der Waals surface area contributed by atoms with E-state index in [0.29, 0.717) is 16.7 Å². The zero-order chi connectivity index (χ0) is 14.8. The van der Waals surface area contributed by atoms with Crippen molar-refractivity contribution in [1.82, 2.24) is 19.7 Å². The van der Waals surface area contributed by atoms with Crippen molar-refractivity contribution in [2.45, 2.75) is 13.5 Å². The monoisotopic (exact) mass is 284 g/mol. The lowest BCUT2D eigenvalue weighted by molar-refractivity contribution is -0.384. The van der Waals surface area contributed by atoms with Crippen LogP contribution < -0.4 is 5.32 Å². The summed E-state index contributed by atoms with van der Waals surface area (Å²) < 4.78 is 1.77. The second kappa shape index (κ2) is 5.16. The predicted molar refractivity (Wildman–Crippen MR) is 77.4 cm³/mol. The zero-order valence-electron chi connectivity index (χ0n) is 11.2. The summed E-state index contributed by atoms with van der Waals surface area (Å²) in [4.78, 5) is 18.7. The molecule has 0 fully saturated rings. The number of hydrogen-bond donors (Lipinski definition) is 1. The van der Waals surface area contributed by atoms with Crippen molar-refractivity contribution in [1.29, 1.82) is 0 Å². The second-order valence-electron chi connectivity index (χ2n) is 4.39. The molecule has 8 nitrogen and oxygen atoms in total. The lowest BCUT2D eigenvalue weighted by Gasteiger charge is -2.05. The minimum absolute atomic E-state index is 0.00426. The molecule has 0 bridgehead atoms. The zero-order valence-corrected chi connectivity index (χ0v) is 11.2. The summed E-state index contributed by atoms with van der Waals surface area (Å²) in [6.45, 7) is 2.75. The van der Waals surface area contributed by atoms with Gasteiger partial charge in [-0.3, -0.25) is 14.8 Å². The van der Waals surface area contributed by atoms with Crippen molar-refractivity contribution in [3.63, 3.8) is 0 Å². The fraction of sp³-hybridized carbons (Fsp3) is 0.154. The maximum absolute atomic E-state index is 10.9. The molecular weight excluding hydrogens is 272 g/mol. The van der Waals surface area contributed by atoms with Gasteiger partial charge < -0.3 is 5.32 Å². The molecule has 0 unspecified atom stereocenters. The molecule has 3 aromatic rings. The van der Waals surface area contributed by atoms with E-state index in [0.717, 1.165) is 12.2 Å². The number of aryl methyl sites for hydroxylation is 1. The third kappa shape index (κ3) is 2.50. The van der Waals surface area contributed by atoms with Crippen LogP contribution in [-0.4, -0.2) is 24.7 Å². The van der Waals surface area contributed by atoms with Gasteiger partial charge in [0.2, 0.25) is 0 Å². The van der Waals surface area contributed by atoms with Crippen molar-refractivity contribution >= 4 is 28.1 Å². The van der Waals surface area contributed by atoms with Crippen LogP contribution in [0, 0.1) is 10.1 Å². The predicted octanol–water partition coefficient (Wildman–Crippen LogP) is 2.50. The number of anilines is 2. The first-order valence-electron chi connectivity index (χ1n) is 6.36. The van der Waals surface area contributed by atoms with Gasteiger partial charge in [-0.05, 0) is 13.0 Å². The Morgan fingerprint density at radius 1 is 1.38 bits per heavy atom. The number of nitro groups is 1. The van der Waals surface area contributed by atoms with Gasteiger partial charge in [-0.15, -0.1) is 0 Å². The molecule has 106 valence electrons. The van der Waals surface area contributed by atoms with Crippen LogP contribution in [0.2, 0.25) is 0 Å². The second-order valence-corrected chi connectivity index (χ2v) is 4.39. The van der Waals surface area contributed by atoms with E-state index in [4.69, 9.17) is 0 Å². The Kier molecular flexibility index (Phi) is 3.19. The Morgan fingerprint density at radius 3 is 2.95 bits per heavy atom. The molecule has 0 atom stereocenters. The fourth-order valence-corrected chi connectivity index (χ4v) is 2.00. The lowest BCUT2D eigenvalue weighted by atomic mass is 10.2. The van der Waals surface area contributed by atoms with Crippen LogP contribution in [0.25, 0.3) is 10.9 Å². The summed E-state index contributed by atoms with van der Waals surface area (Å²) >= 11 is 0. The molecular formula is C13H12N6O2. The average molecular weight is 284 g/mol. The van der Waals surface area contributed by atoms with Gasteiger partial charge in [-0.1, -0.05) is 0 Å². The SMILES string of the molecule is CCn1cc(Nc2ncnc3ccc([N+](=O)[O-])cc23)cn1. The van der Waals surface area contributed by atoms with E-state index in [1.807, 2.05) is 13.1 Å². The molecule has 0 saturated carbocycles. The Hall–Kier alpha value is -3.03. The van der Waals surface area contributed by atoms with Crippen molar-refractivity contribution in [2.24, 2.45) is 0 Å². The third-order valence-corrected chi connectivity index (χ3v) is 3.05. The van der Waals surface area contributed by atoms with E-state index < -0.39 is 4.92 Å². The lowest BCUT2D eigenvalue weighted by Crippen LogP contribution is -1.97. The van der Waals surface area contributed by atoms with Gasteiger partial charge >= 0.3 is 0 Å². The van der Waals surface area contributed by atoms with E-state index in [1.54, 1.807) is 16.9 Å². The molecule has 0 aliphatic heterocycles. The number of hydrogen-bond acceptors (Lipinski definition) is 6. The number of nitrogens with one attached hydrogen (secondary N) is 1. The van der Waals surface area contributed by atoms with E-state index in [1.165, 1.54) is 18.5 Å². The standard InChI is InChI=1S/C13H12N6O2/c1-2-18-7-9(6-16-18)17-13-11-5-10(19(20)21)3-4-12(11)14-8-15-13/h3-8H,2H2,1H3,(H,14,15,17). The molecule has 0 saturated heterocycles. The number of nitro benzene ring substituents is 1. The number of fused-ring (bicyclic) bond motifs is 1. The van der Waals surface area contributed by atoms with Gasteiger partial charge in [0.25, 0.3) is 5.69 Å². The van der Waals surface area contributed by atoms with Crippen molar-refractivity contribution in [2.75, 3.05) is 5.32 Å². The van der Waals surface area contributed by atoms with Gasteiger partial charge in [-0.25, -0.2) is 9.97 Å². The molecule has 0 radical (unpaired) electrons. The highest BCUT2D eigenvalue weighted by Crippen LogP contribution is 2.26. The van der Waals surface area contributed by atoms with Gasteiger partial charge in [-0.2, -0.15) is 5.10 Å². The Labute approximate surface area is 119 Å². The fourth-order valence-electron chi connectivity index (χ4n) is 2.00. The summed E-state index contributed by atoms with van der Waals surface area (Å²) in [6.07, 6.45) is 4.93. The van der Waals surface area contributed by atoms with Gasteiger partial charge in [0, 0.05) is 30.3 Å². The molecule has 1 N–H and O–H groups in total. The van der Waals surface area contributed by atoms with Crippen LogP contribution >= 0.6 is 0 Å². The summed E-state index contributed by atoms with van der Waals surface area (Å²) in [7, 11) is 0. The van der Waals surface area contributed by atoms with Crippen LogP contribution in [0.5, 0.6) is 0 Å². The maximum Gasteiger partial charge on any atom is 0.270 e. The maximum atomic E-state index is 10.9. The molecule has 8 heteroatoms. The molecule has 1 aromatic carbocycles. The summed E-state index contributed by atoms with van der Waals surface area (Å²) in [5.74, 6) is 0.513. The Bertz CT molecular complexity index is 813. The van der Waals surface area contributed by atoms with Crippen molar-refractivity contribution < 1.29 is 4.92 Å². The van der Waals surface area contributed by atoms with Crippen LogP contribution in [0.3, 0.4) is 0 Å². The summed E-state index contributed by atoms with van der Waals surface area (Å²) in [6, 6.07) is 4.49. The first kappa shape index (κ1) is 13.0. The third-order valence-electron chi connectivity index (χ3n) is 3.05. The highest BCUT2D eigenvalue weighted by Gasteiger charge is 2.11. The van der Waals surface area contributed by atoms with E-state index >= 15 is 0 Å². The van der Waals surface area contributed by atoms with Crippen LogP contribution in [0.1, 0.15) is 6.92 Å². The first-order valence-corrected chi connectivity index (χ1v) is 6.36. The van der Waals surface area contributed by atoms with Gasteiger partial charge in [0.15, 0.2) is 0 Å². The molecule has 0 amide bonds. The van der Waals surface area contributed by atoms with Crippen LogP contribution in [0.4, 0.5) is 17.2 Å². The molecule has 21 heavy (non-hydrogen) atoms. The van der Waals surface area contributed by atoms with E-state index in [9.17, 15) is 10.1 Å². The number of aromatic nitrogens is 4. The van der Waals surface area contributed by atoms with Crippen molar-refractivity contribution in [3.05, 3.63) is 47.0 Å². The summed E-state index contributed by atoms with van der Waals surface area (Å²) in [5, 5.41) is 18.8. The molecule has 0 aliphatic carbocycles. The number of rotatable bonds is 4. The largest absolute Gasteiger partial charge is 0.337 e. The molecule has 0 aliphatic rings. The van der Waals surface area contributed by atoms with Crippen LogP contribution in [-0.2, 0) is 6.54 Å². The topological polar surface area (TPSA) is 98.8 Å². The average Bonchev–Trinajstić information content (AvgIpc) is 2.95. The minimum atomic E-state index is -0.439. The van der Waals surface area contributed by atoms with E-state index in [2.05, 4.69) is 20.4 Å². The van der Waals surface area contributed by atoms with Crippen LogP contribution in [0.15, 0.2) is 36.9 Å². The molecule has 2 heterocycles. The van der Waals surface area contributed by atoms with Gasteiger partial charge in [0.05, 0.1) is 22.3 Å². The highest BCUT2D eigenvalue weighted by atomic mass is 16.6.